The van der Waals surface area contributed by atoms with Crippen molar-refractivity contribution in [3.05, 3.63) is 30.2 Å². The predicted molar refractivity (Wildman–Crippen MR) is 27.3 cm³/mol. The average molecular weight is 319 g/mol. The molecule has 0 rings (SSSR count). The van der Waals surface area contributed by atoms with Crippen molar-refractivity contribution < 1.29 is 31.1 Å². The Morgan fingerprint density at radius 2 is 2.14 bits per heavy atom. The van der Waals surface area contributed by atoms with Crippen LogP contribution < -0.4 is 0 Å². The molecule has 0 atom stereocenters. The fourth-order valence-corrected chi connectivity index (χ4v) is 0.136. The van der Waals surface area contributed by atoms with Gasteiger partial charge in [0.2, 0.25) is 0 Å². The smallest absolute Gasteiger partial charge is 0.708 e. The summed E-state index contributed by atoms with van der Waals surface area (Å²) in [5.74, 6) is 0. The molecule has 0 aromatic heterocycles. The molecule has 0 radical (unpaired) electrons. The standard InChI is InChI=1S/C5H7N.U/c1-3-4-5-6-2;/h1,3-5H,2H3;/q-2;+2/b5-4-;. The third-order valence-corrected chi connectivity index (χ3v) is 0.346. The van der Waals surface area contributed by atoms with Gasteiger partial charge >= 0.3 is 31.1 Å². The summed E-state index contributed by atoms with van der Waals surface area (Å²) in [6.07, 6.45) is 4.73. The Balaban J connectivity index is 0. The van der Waals surface area contributed by atoms with Gasteiger partial charge in [-0.15, -0.1) is 7.05 Å². The minimum absolute atomic E-state index is 0. The van der Waals surface area contributed by atoms with Gasteiger partial charge in [0.05, 0.1) is 0 Å². The monoisotopic (exact) mass is 319 g/mol. The number of rotatable bonds is 2. The van der Waals surface area contributed by atoms with E-state index in [1.807, 2.05) is 0 Å². The van der Waals surface area contributed by atoms with Crippen molar-refractivity contribution in [2.24, 2.45) is 0 Å². The van der Waals surface area contributed by atoms with E-state index in [4.69, 9.17) is 6.58 Å². The van der Waals surface area contributed by atoms with Crippen molar-refractivity contribution in [3.8, 4) is 0 Å². The molecule has 0 fully saturated rings. The molecule has 0 saturated heterocycles. The second-order valence-electron chi connectivity index (χ2n) is 0.792. The molecule has 1 nitrogen and oxygen atoms in total. The van der Waals surface area contributed by atoms with Crippen molar-refractivity contribution in [1.29, 1.82) is 0 Å². The van der Waals surface area contributed by atoms with Crippen molar-refractivity contribution >= 4 is 0 Å². The first-order valence-electron chi connectivity index (χ1n) is 1.71. The Kier molecular flexibility index (Phi) is 14.2. The molecule has 0 bridgehead atoms. The van der Waals surface area contributed by atoms with Crippen LogP contribution in [0, 0.1) is 37.7 Å². The molecular weight excluding hydrogens is 312 g/mol. The van der Waals surface area contributed by atoms with Gasteiger partial charge in [-0.3, -0.25) is 12.8 Å². The Morgan fingerprint density at radius 1 is 1.57 bits per heavy atom. The Bertz CT molecular complexity index is 59.1. The number of nitrogens with zero attached hydrogens (tertiary/aromatic N) is 1. The zero-order valence-corrected chi connectivity index (χ0v) is 8.42. The largest absolute Gasteiger partial charge is 2.00 e. The van der Waals surface area contributed by atoms with Gasteiger partial charge in [0.25, 0.3) is 0 Å². The van der Waals surface area contributed by atoms with Crippen molar-refractivity contribution in [1.82, 2.24) is 0 Å². The normalized spacial score (nSPS) is 7.57. The average Bonchev–Trinajstić information content (AvgIpc) is 1.61. The minimum atomic E-state index is 0. The zero-order chi connectivity index (χ0) is 4.83. The molecule has 0 aliphatic rings. The van der Waals surface area contributed by atoms with Crippen LogP contribution in [0.15, 0.2) is 18.4 Å². The van der Waals surface area contributed by atoms with Crippen LogP contribution in [-0.2, 0) is 0 Å². The van der Waals surface area contributed by atoms with E-state index in [1.54, 1.807) is 19.3 Å². The van der Waals surface area contributed by atoms with E-state index in [-0.39, 0.29) is 31.1 Å². The summed E-state index contributed by atoms with van der Waals surface area (Å²) in [6.45, 7) is 4.94. The summed E-state index contributed by atoms with van der Waals surface area (Å²) in [5, 5.41) is 3.63. The van der Waals surface area contributed by atoms with Crippen molar-refractivity contribution in [2.75, 3.05) is 7.05 Å². The molecule has 2 heteroatoms. The molecule has 0 heterocycles. The Labute approximate surface area is 68.2 Å². The van der Waals surface area contributed by atoms with E-state index in [0.717, 1.165) is 0 Å². The fraction of sp³-hybridized carbons (Fsp3) is 0.200. The maximum absolute atomic E-state index is 4.94. The topological polar surface area (TPSA) is 14.1 Å². The summed E-state index contributed by atoms with van der Waals surface area (Å²) in [5.41, 5.74) is 0. The number of hydrogen-bond donors (Lipinski definition) is 0. The summed E-state index contributed by atoms with van der Waals surface area (Å²) in [6, 6.07) is 0. The van der Waals surface area contributed by atoms with Crippen LogP contribution in [0.1, 0.15) is 0 Å². The van der Waals surface area contributed by atoms with Gasteiger partial charge in [-0.05, 0) is 0 Å². The van der Waals surface area contributed by atoms with Crippen molar-refractivity contribution in [3.63, 3.8) is 0 Å². The third kappa shape index (κ3) is 10.7. The first-order chi connectivity index (χ1) is 2.91. The number of hydrogen-bond acceptors (Lipinski definition) is 0. The number of allylic oxidation sites excluding steroid dienone is 2. The predicted octanol–water partition coefficient (Wildman–Crippen LogP) is 1.49. The molecule has 0 amide bonds. The quantitative estimate of drug-likeness (QED) is 0.541. The Hall–Kier alpha value is 0.332. The van der Waals surface area contributed by atoms with Crippen LogP contribution >= 0.6 is 0 Å². The van der Waals surface area contributed by atoms with Gasteiger partial charge in [-0.1, -0.05) is 0 Å². The summed E-state index contributed by atoms with van der Waals surface area (Å²) >= 11 is 0. The molecule has 0 spiro atoms. The second-order valence-corrected chi connectivity index (χ2v) is 0.792. The molecule has 0 aromatic rings. The first-order valence-corrected chi connectivity index (χ1v) is 1.71. The molecule has 0 saturated carbocycles. The van der Waals surface area contributed by atoms with Crippen molar-refractivity contribution in [2.45, 2.75) is 0 Å². The van der Waals surface area contributed by atoms with E-state index in [1.165, 1.54) is 6.08 Å². The maximum Gasteiger partial charge on any atom is 2.00 e. The van der Waals surface area contributed by atoms with Gasteiger partial charge < -0.3 is 5.32 Å². The van der Waals surface area contributed by atoms with Crippen LogP contribution in [-0.4, -0.2) is 7.05 Å². The van der Waals surface area contributed by atoms with E-state index < -0.39 is 0 Å². The summed E-state index contributed by atoms with van der Waals surface area (Å²) in [4.78, 5) is 0. The molecule has 7 heavy (non-hydrogen) atoms. The van der Waals surface area contributed by atoms with Crippen LogP contribution in [0.2, 0.25) is 0 Å². The molecule has 0 unspecified atom stereocenters. The molecule has 36 valence electrons. The fourth-order valence-electron chi connectivity index (χ4n) is 0.136. The van der Waals surface area contributed by atoms with Crippen LogP contribution in [0.25, 0.3) is 5.32 Å². The van der Waals surface area contributed by atoms with Gasteiger partial charge in [0.15, 0.2) is 0 Å². The summed E-state index contributed by atoms with van der Waals surface area (Å²) in [7, 11) is 1.69. The van der Waals surface area contributed by atoms with Crippen LogP contribution in [0.3, 0.4) is 0 Å². The maximum atomic E-state index is 4.94. The van der Waals surface area contributed by atoms with Gasteiger partial charge in [0.1, 0.15) is 0 Å². The molecule has 0 aliphatic carbocycles. The van der Waals surface area contributed by atoms with E-state index in [2.05, 4.69) is 5.32 Å². The van der Waals surface area contributed by atoms with E-state index >= 15 is 0 Å². The van der Waals surface area contributed by atoms with E-state index in [0.29, 0.717) is 0 Å². The SMILES string of the molecule is [CH-]=C/C=C\[N-]C.[U+2]. The first kappa shape index (κ1) is 10.3. The van der Waals surface area contributed by atoms with Gasteiger partial charge in [-0.25, -0.2) is 12.2 Å². The molecule has 0 aromatic carbocycles. The third-order valence-electron chi connectivity index (χ3n) is 0.346. The molecule has 0 aliphatic heterocycles. The molecule has 0 N–H and O–H groups in total. The molecular formula is C5H7NU. The Morgan fingerprint density at radius 3 is 2.29 bits per heavy atom. The van der Waals surface area contributed by atoms with Crippen LogP contribution in [0.5, 0.6) is 0 Å². The van der Waals surface area contributed by atoms with Gasteiger partial charge in [-0.2, -0.15) is 0 Å². The van der Waals surface area contributed by atoms with E-state index in [9.17, 15) is 0 Å². The second kappa shape index (κ2) is 9.59. The zero-order valence-electron chi connectivity index (χ0n) is 4.26. The van der Waals surface area contributed by atoms with Gasteiger partial charge in [0, 0.05) is 0 Å². The minimum Gasteiger partial charge on any atom is -0.708 e. The summed E-state index contributed by atoms with van der Waals surface area (Å²) < 4.78 is 0. The van der Waals surface area contributed by atoms with Crippen LogP contribution in [0.4, 0.5) is 0 Å².